The first-order valence-electron chi connectivity index (χ1n) is 11.7. The smallest absolute Gasteiger partial charge is 0.250 e. The minimum Gasteiger partial charge on any atom is -0.496 e. The highest BCUT2D eigenvalue weighted by Crippen LogP contribution is 2.38. The summed E-state index contributed by atoms with van der Waals surface area (Å²) in [6.07, 6.45) is 3.78. The Bertz CT molecular complexity index is 1400. The summed E-state index contributed by atoms with van der Waals surface area (Å²) < 4.78 is 20.7. The molecule has 2 unspecified atom stereocenters. The van der Waals surface area contributed by atoms with E-state index < -0.39 is 0 Å². The molecule has 0 spiro atoms. The van der Waals surface area contributed by atoms with Gasteiger partial charge in [0.15, 0.2) is 0 Å². The highest BCUT2D eigenvalue weighted by molar-refractivity contribution is 6.01. The lowest BCUT2D eigenvalue weighted by molar-refractivity contribution is -0.111. The van der Waals surface area contributed by atoms with Gasteiger partial charge in [-0.3, -0.25) is 10.1 Å². The highest BCUT2D eigenvalue weighted by atomic mass is 19.1. The average Bonchev–Trinajstić information content (AvgIpc) is 3.30. The first-order chi connectivity index (χ1) is 17.5. The number of hydrogen-bond acceptors (Lipinski definition) is 5. The van der Waals surface area contributed by atoms with E-state index in [0.29, 0.717) is 18.1 Å². The van der Waals surface area contributed by atoms with Gasteiger partial charge >= 0.3 is 0 Å². The molecule has 0 fully saturated rings. The van der Waals surface area contributed by atoms with Crippen LogP contribution in [-0.2, 0) is 4.79 Å². The van der Waals surface area contributed by atoms with Crippen molar-refractivity contribution in [2.45, 2.75) is 25.4 Å². The Morgan fingerprint density at radius 3 is 2.56 bits per heavy atom. The van der Waals surface area contributed by atoms with E-state index in [0.717, 1.165) is 16.7 Å². The average molecular weight is 484 g/mol. The molecular weight excluding hydrogens is 457 g/mol. The molecule has 0 saturated heterocycles. The van der Waals surface area contributed by atoms with Crippen molar-refractivity contribution in [2.75, 3.05) is 17.7 Å². The number of nitrogens with one attached hydrogen (secondary N) is 2. The predicted molar refractivity (Wildman–Crippen MR) is 137 cm³/mol. The fraction of sp³-hybridized carbons (Fsp3) is 0.179. The number of carbonyl (C=O) groups is 1. The molecule has 1 amide bonds. The summed E-state index contributed by atoms with van der Waals surface area (Å²) in [5, 5.41) is 10.7. The molecule has 2 N–H and O–H groups in total. The number of benzene rings is 3. The summed E-state index contributed by atoms with van der Waals surface area (Å²) in [4.78, 5) is 17.2. The van der Waals surface area contributed by atoms with Crippen LogP contribution in [0.5, 0.6) is 5.75 Å². The molecule has 1 aliphatic rings. The van der Waals surface area contributed by atoms with Crippen molar-refractivity contribution in [1.82, 2.24) is 14.8 Å². The number of aryl methyl sites for hydroxylation is 1. The number of halogens is 1. The Hall–Kier alpha value is -4.46. The molecule has 4 aromatic rings. The number of carbonyl (C=O) groups excluding carboxylic acids is 1. The Labute approximate surface area is 208 Å². The second-order valence-corrected chi connectivity index (χ2v) is 8.68. The normalized spacial score (nSPS) is 16.9. The van der Waals surface area contributed by atoms with Crippen LogP contribution in [0.4, 0.5) is 16.3 Å². The van der Waals surface area contributed by atoms with Gasteiger partial charge in [0.25, 0.3) is 11.9 Å². The summed E-state index contributed by atoms with van der Waals surface area (Å²) in [6.45, 7) is 2.05. The molecule has 2 heterocycles. The van der Waals surface area contributed by atoms with Crippen LogP contribution in [0.25, 0.3) is 6.08 Å². The predicted octanol–water partition coefficient (Wildman–Crippen LogP) is 5.53. The lowest BCUT2D eigenvalue weighted by atomic mass is 9.93. The van der Waals surface area contributed by atoms with E-state index >= 15 is 0 Å². The van der Waals surface area contributed by atoms with Gasteiger partial charge in [-0.2, -0.15) is 4.98 Å². The lowest BCUT2D eigenvalue weighted by Gasteiger charge is -2.31. The third-order valence-electron chi connectivity index (χ3n) is 6.21. The fourth-order valence-electron chi connectivity index (χ4n) is 4.33. The van der Waals surface area contributed by atoms with Crippen LogP contribution in [0.3, 0.4) is 0 Å². The number of ether oxygens (including phenoxy) is 1. The Balaban J connectivity index is 1.41. The molecule has 8 heteroatoms. The second-order valence-electron chi connectivity index (χ2n) is 8.68. The molecule has 1 aromatic heterocycles. The fourth-order valence-corrected chi connectivity index (χ4v) is 4.33. The molecule has 1 aliphatic heterocycles. The number of methoxy groups -OCH3 is 1. The van der Waals surface area contributed by atoms with Crippen molar-refractivity contribution in [3.8, 4) is 5.75 Å². The zero-order chi connectivity index (χ0) is 25.1. The first-order valence-corrected chi connectivity index (χ1v) is 11.7. The lowest BCUT2D eigenvalue weighted by Crippen LogP contribution is -2.28. The third-order valence-corrected chi connectivity index (χ3v) is 6.21. The maximum Gasteiger partial charge on any atom is 0.250 e. The highest BCUT2D eigenvalue weighted by Gasteiger charge is 2.31. The van der Waals surface area contributed by atoms with Gasteiger partial charge in [0.2, 0.25) is 5.95 Å². The molecule has 182 valence electrons. The number of anilines is 2. The van der Waals surface area contributed by atoms with Crippen molar-refractivity contribution in [2.24, 2.45) is 0 Å². The number of para-hydroxylation sites is 1. The van der Waals surface area contributed by atoms with E-state index in [1.54, 1.807) is 30.0 Å². The monoisotopic (exact) mass is 483 g/mol. The van der Waals surface area contributed by atoms with Gasteiger partial charge in [0.05, 0.1) is 19.2 Å². The van der Waals surface area contributed by atoms with E-state index in [2.05, 4.69) is 45.0 Å². The Morgan fingerprint density at radius 2 is 1.81 bits per heavy atom. The number of amides is 1. The van der Waals surface area contributed by atoms with Crippen LogP contribution < -0.4 is 15.4 Å². The maximum absolute atomic E-state index is 13.6. The summed E-state index contributed by atoms with van der Waals surface area (Å²) in [7, 11) is 1.58. The molecular formula is C28H26FN5O2. The zero-order valence-corrected chi connectivity index (χ0v) is 20.0. The van der Waals surface area contributed by atoms with Crippen molar-refractivity contribution < 1.29 is 13.9 Å². The molecule has 0 saturated carbocycles. The summed E-state index contributed by atoms with van der Waals surface area (Å²) in [6, 6.07) is 22.0. The topological polar surface area (TPSA) is 81.1 Å². The SMILES string of the molecule is COc1ccccc1C=CC(=O)Nc1nc2n(n1)C(c1ccc(F)cc1)CC(c1ccc(C)cc1)N2. The molecule has 36 heavy (non-hydrogen) atoms. The van der Waals surface area contributed by atoms with Crippen molar-refractivity contribution in [3.63, 3.8) is 0 Å². The van der Waals surface area contributed by atoms with Crippen LogP contribution in [0, 0.1) is 12.7 Å². The molecule has 7 nitrogen and oxygen atoms in total. The standard InChI is InChI=1S/C28H26FN5O2/c1-18-7-9-19(10-8-18)23-17-24(20-11-14-22(29)15-12-20)34-28(30-23)32-27(33-34)31-26(35)16-13-21-5-3-4-6-25(21)36-2/h3-16,23-24H,17H2,1-2H3,(H2,30,31,32,33,35). The largest absolute Gasteiger partial charge is 0.496 e. The quantitative estimate of drug-likeness (QED) is 0.352. The van der Waals surface area contributed by atoms with Crippen LogP contribution in [-0.4, -0.2) is 27.8 Å². The van der Waals surface area contributed by atoms with Gasteiger partial charge in [-0.05, 0) is 48.7 Å². The van der Waals surface area contributed by atoms with E-state index in [1.165, 1.54) is 23.8 Å². The van der Waals surface area contributed by atoms with E-state index in [-0.39, 0.29) is 29.8 Å². The van der Waals surface area contributed by atoms with E-state index in [4.69, 9.17) is 4.74 Å². The minimum atomic E-state index is -0.364. The van der Waals surface area contributed by atoms with Gasteiger partial charge in [-0.1, -0.05) is 60.2 Å². The number of nitrogens with zero attached hydrogens (tertiary/aromatic N) is 3. The number of rotatable bonds is 6. The molecule has 0 aliphatic carbocycles. The van der Waals surface area contributed by atoms with Gasteiger partial charge < -0.3 is 10.1 Å². The van der Waals surface area contributed by atoms with Gasteiger partial charge in [-0.15, -0.1) is 5.10 Å². The number of hydrogen-bond donors (Lipinski definition) is 2. The molecule has 5 rings (SSSR count). The van der Waals surface area contributed by atoms with Gasteiger partial charge in [0.1, 0.15) is 11.6 Å². The van der Waals surface area contributed by atoms with Crippen LogP contribution in [0.2, 0.25) is 0 Å². The van der Waals surface area contributed by atoms with Crippen LogP contribution in [0.1, 0.15) is 40.8 Å². The van der Waals surface area contributed by atoms with E-state index in [9.17, 15) is 9.18 Å². The number of aromatic nitrogens is 3. The first kappa shape index (κ1) is 23.3. The zero-order valence-electron chi connectivity index (χ0n) is 20.0. The van der Waals surface area contributed by atoms with Crippen molar-refractivity contribution >= 4 is 23.9 Å². The Kier molecular flexibility index (Phi) is 6.49. The van der Waals surface area contributed by atoms with Gasteiger partial charge in [-0.25, -0.2) is 9.07 Å². The van der Waals surface area contributed by atoms with Gasteiger partial charge in [0, 0.05) is 11.6 Å². The molecule has 0 bridgehead atoms. The van der Waals surface area contributed by atoms with E-state index in [1.807, 2.05) is 31.2 Å². The molecule has 3 aromatic carbocycles. The van der Waals surface area contributed by atoms with Crippen molar-refractivity contribution in [3.05, 3.63) is 107 Å². The summed E-state index contributed by atoms with van der Waals surface area (Å²) >= 11 is 0. The van der Waals surface area contributed by atoms with Crippen LogP contribution >= 0.6 is 0 Å². The maximum atomic E-state index is 13.6. The van der Waals surface area contributed by atoms with Crippen LogP contribution in [0.15, 0.2) is 78.9 Å². The number of fused-ring (bicyclic) bond motifs is 1. The summed E-state index contributed by atoms with van der Waals surface area (Å²) in [5.41, 5.74) is 3.99. The Morgan fingerprint density at radius 1 is 1.08 bits per heavy atom. The minimum absolute atomic E-state index is 0.0219. The second kappa shape index (κ2) is 10.0. The molecule has 2 atom stereocenters. The van der Waals surface area contributed by atoms with Crippen molar-refractivity contribution in [1.29, 1.82) is 0 Å². The molecule has 0 radical (unpaired) electrons. The third kappa shape index (κ3) is 4.98. The summed E-state index contributed by atoms with van der Waals surface area (Å²) in [5.74, 6) is 0.730.